The Balaban J connectivity index is 1.81. The van der Waals surface area contributed by atoms with Gasteiger partial charge in [-0.1, -0.05) is 0 Å². The summed E-state index contributed by atoms with van der Waals surface area (Å²) in [5, 5.41) is 6.47. The largest absolute Gasteiger partial charge is 0.401 e. The zero-order valence-corrected chi connectivity index (χ0v) is 14.9. The van der Waals surface area contributed by atoms with Gasteiger partial charge in [-0.05, 0) is 40.2 Å². The van der Waals surface area contributed by atoms with Gasteiger partial charge in [-0.3, -0.25) is 14.8 Å². The first-order chi connectivity index (χ1) is 11.3. The SMILES string of the molecule is CCNC(=NCC(C)N(C)C1CC1)NC1CCN(CC(F)(F)F)C1. The Kier molecular flexibility index (Phi) is 6.74. The van der Waals surface area contributed by atoms with Gasteiger partial charge in [0.15, 0.2) is 5.96 Å². The fourth-order valence-corrected chi connectivity index (χ4v) is 3.05. The van der Waals surface area contributed by atoms with Gasteiger partial charge >= 0.3 is 6.18 Å². The predicted molar refractivity (Wildman–Crippen MR) is 90.3 cm³/mol. The van der Waals surface area contributed by atoms with Crippen LogP contribution in [0.25, 0.3) is 0 Å². The Hall–Kier alpha value is -1.02. The van der Waals surface area contributed by atoms with Crippen molar-refractivity contribution in [3.05, 3.63) is 0 Å². The molecule has 2 N–H and O–H groups in total. The van der Waals surface area contributed by atoms with Crippen molar-refractivity contribution in [2.75, 3.05) is 39.8 Å². The molecule has 1 aliphatic carbocycles. The van der Waals surface area contributed by atoms with E-state index in [1.807, 2.05) is 6.92 Å². The molecule has 8 heteroatoms. The number of nitrogens with one attached hydrogen (secondary N) is 2. The van der Waals surface area contributed by atoms with Gasteiger partial charge in [0.1, 0.15) is 0 Å². The van der Waals surface area contributed by atoms with Gasteiger partial charge in [0.2, 0.25) is 0 Å². The van der Waals surface area contributed by atoms with Crippen molar-refractivity contribution in [1.29, 1.82) is 0 Å². The summed E-state index contributed by atoms with van der Waals surface area (Å²) in [4.78, 5) is 8.42. The maximum atomic E-state index is 12.5. The lowest BCUT2D eigenvalue weighted by atomic mass is 10.2. The number of hydrogen-bond acceptors (Lipinski definition) is 3. The van der Waals surface area contributed by atoms with E-state index >= 15 is 0 Å². The van der Waals surface area contributed by atoms with Crippen LogP contribution < -0.4 is 10.6 Å². The second kappa shape index (κ2) is 8.38. The van der Waals surface area contributed by atoms with Gasteiger partial charge < -0.3 is 10.6 Å². The molecule has 1 heterocycles. The van der Waals surface area contributed by atoms with E-state index in [1.54, 1.807) is 0 Å². The lowest BCUT2D eigenvalue weighted by Crippen LogP contribution is -2.46. The lowest BCUT2D eigenvalue weighted by molar-refractivity contribution is -0.143. The maximum absolute atomic E-state index is 12.5. The van der Waals surface area contributed by atoms with Crippen molar-refractivity contribution in [3.8, 4) is 0 Å². The highest BCUT2D eigenvalue weighted by Crippen LogP contribution is 2.26. The molecule has 0 spiro atoms. The highest BCUT2D eigenvalue weighted by atomic mass is 19.4. The monoisotopic (exact) mass is 349 g/mol. The molecular formula is C16H30F3N5. The van der Waals surface area contributed by atoms with Crippen molar-refractivity contribution < 1.29 is 13.2 Å². The molecule has 2 fully saturated rings. The molecule has 2 unspecified atom stereocenters. The summed E-state index contributed by atoms with van der Waals surface area (Å²) in [6.45, 7) is 5.60. The Morgan fingerprint density at radius 1 is 1.33 bits per heavy atom. The summed E-state index contributed by atoms with van der Waals surface area (Å²) in [7, 11) is 2.13. The molecule has 5 nitrogen and oxygen atoms in total. The molecule has 0 aromatic rings. The fourth-order valence-electron chi connectivity index (χ4n) is 3.05. The van der Waals surface area contributed by atoms with E-state index in [1.165, 1.54) is 17.7 Å². The zero-order valence-electron chi connectivity index (χ0n) is 14.9. The molecule has 24 heavy (non-hydrogen) atoms. The second-order valence-corrected chi connectivity index (χ2v) is 6.95. The summed E-state index contributed by atoms with van der Waals surface area (Å²) in [6.07, 6.45) is -0.895. The van der Waals surface area contributed by atoms with Crippen LogP contribution in [0.15, 0.2) is 4.99 Å². The molecule has 2 aliphatic rings. The number of likely N-dealkylation sites (tertiary alicyclic amines) is 1. The van der Waals surface area contributed by atoms with Crippen LogP contribution in [0.2, 0.25) is 0 Å². The normalized spacial score (nSPS) is 24.5. The molecule has 0 amide bonds. The van der Waals surface area contributed by atoms with Crippen LogP contribution in [0.1, 0.15) is 33.1 Å². The number of aliphatic imine (C=N–C) groups is 1. The van der Waals surface area contributed by atoms with Crippen LogP contribution in [-0.4, -0.2) is 79.8 Å². The molecule has 1 saturated heterocycles. The first-order valence-electron chi connectivity index (χ1n) is 8.84. The van der Waals surface area contributed by atoms with Gasteiger partial charge in [-0.25, -0.2) is 0 Å². The highest BCUT2D eigenvalue weighted by Gasteiger charge is 2.34. The van der Waals surface area contributed by atoms with E-state index in [9.17, 15) is 13.2 Å². The van der Waals surface area contributed by atoms with Crippen LogP contribution in [0.3, 0.4) is 0 Å². The van der Waals surface area contributed by atoms with Gasteiger partial charge in [0, 0.05) is 37.8 Å². The quantitative estimate of drug-likeness (QED) is 0.542. The zero-order chi connectivity index (χ0) is 17.7. The van der Waals surface area contributed by atoms with E-state index in [4.69, 9.17) is 0 Å². The minimum absolute atomic E-state index is 0.0154. The van der Waals surface area contributed by atoms with Crippen molar-refractivity contribution in [2.24, 2.45) is 4.99 Å². The van der Waals surface area contributed by atoms with Crippen molar-refractivity contribution in [3.63, 3.8) is 0 Å². The molecular weight excluding hydrogens is 319 g/mol. The van der Waals surface area contributed by atoms with Crippen LogP contribution in [-0.2, 0) is 0 Å². The van der Waals surface area contributed by atoms with Crippen molar-refractivity contribution in [2.45, 2.75) is 57.4 Å². The molecule has 0 radical (unpaired) electrons. The van der Waals surface area contributed by atoms with E-state index < -0.39 is 12.7 Å². The molecule has 1 aliphatic heterocycles. The summed E-state index contributed by atoms with van der Waals surface area (Å²) >= 11 is 0. The van der Waals surface area contributed by atoms with Gasteiger partial charge in [-0.15, -0.1) is 0 Å². The highest BCUT2D eigenvalue weighted by molar-refractivity contribution is 5.80. The minimum atomic E-state index is -4.13. The van der Waals surface area contributed by atoms with Crippen molar-refractivity contribution >= 4 is 5.96 Å². The summed E-state index contributed by atoms with van der Waals surface area (Å²) in [5.74, 6) is 0.701. The summed E-state index contributed by atoms with van der Waals surface area (Å²) in [6, 6.07) is 1.07. The van der Waals surface area contributed by atoms with Crippen LogP contribution >= 0.6 is 0 Å². The molecule has 1 saturated carbocycles. The third kappa shape index (κ3) is 6.47. The number of halogens is 3. The molecule has 0 bridgehead atoms. The summed E-state index contributed by atoms with van der Waals surface area (Å²) < 4.78 is 37.4. The van der Waals surface area contributed by atoms with E-state index in [2.05, 4.69) is 34.5 Å². The van der Waals surface area contributed by atoms with Crippen LogP contribution in [0.5, 0.6) is 0 Å². The van der Waals surface area contributed by atoms with Gasteiger partial charge in [0.05, 0.1) is 13.1 Å². The number of nitrogens with zero attached hydrogens (tertiary/aromatic N) is 3. The maximum Gasteiger partial charge on any atom is 0.401 e. The number of guanidine groups is 1. The standard InChI is InChI=1S/C16H30F3N5/c1-4-20-15(21-9-12(2)23(3)14-5-6-14)22-13-7-8-24(10-13)11-16(17,18)19/h12-14H,4-11H2,1-3H3,(H2,20,21,22). The third-order valence-electron chi connectivity index (χ3n) is 4.69. The second-order valence-electron chi connectivity index (χ2n) is 6.95. The Bertz CT molecular complexity index is 422. The topological polar surface area (TPSA) is 42.9 Å². The van der Waals surface area contributed by atoms with E-state index in [0.29, 0.717) is 44.1 Å². The molecule has 0 aromatic heterocycles. The lowest BCUT2D eigenvalue weighted by Gasteiger charge is -2.24. The number of alkyl halides is 3. The van der Waals surface area contributed by atoms with Crippen LogP contribution in [0, 0.1) is 0 Å². The van der Waals surface area contributed by atoms with E-state index in [-0.39, 0.29) is 6.04 Å². The summed E-state index contributed by atoms with van der Waals surface area (Å²) in [5.41, 5.74) is 0. The Labute approximate surface area is 142 Å². The molecule has 0 aromatic carbocycles. The average Bonchev–Trinajstić information content (AvgIpc) is 3.25. The van der Waals surface area contributed by atoms with E-state index in [0.717, 1.165) is 6.54 Å². The molecule has 2 atom stereocenters. The smallest absolute Gasteiger partial charge is 0.357 e. The fraction of sp³-hybridized carbons (Fsp3) is 0.938. The first kappa shape index (κ1) is 19.3. The molecule has 2 rings (SSSR count). The first-order valence-corrected chi connectivity index (χ1v) is 8.84. The minimum Gasteiger partial charge on any atom is -0.357 e. The number of likely N-dealkylation sites (N-methyl/N-ethyl adjacent to an activating group) is 1. The van der Waals surface area contributed by atoms with Gasteiger partial charge in [0.25, 0.3) is 0 Å². The Morgan fingerprint density at radius 2 is 2.04 bits per heavy atom. The number of hydrogen-bond donors (Lipinski definition) is 2. The van der Waals surface area contributed by atoms with Gasteiger partial charge in [-0.2, -0.15) is 13.2 Å². The Morgan fingerprint density at radius 3 is 2.62 bits per heavy atom. The predicted octanol–water partition coefficient (Wildman–Crippen LogP) is 1.66. The van der Waals surface area contributed by atoms with Crippen molar-refractivity contribution in [1.82, 2.24) is 20.4 Å². The van der Waals surface area contributed by atoms with Crippen LogP contribution in [0.4, 0.5) is 13.2 Å². The number of rotatable bonds is 7. The molecule has 140 valence electrons. The third-order valence-corrected chi connectivity index (χ3v) is 4.69. The average molecular weight is 349 g/mol.